The Bertz CT molecular complexity index is 527. The fraction of sp³-hybridized carbons (Fsp3) is 0.643. The molecule has 2 rings (SSSR count). The summed E-state index contributed by atoms with van der Waals surface area (Å²) in [6.45, 7) is 4.80. The van der Waals surface area contributed by atoms with Gasteiger partial charge in [0.15, 0.2) is 5.69 Å². The molecule has 116 valence electrons. The molecule has 0 saturated heterocycles. The van der Waals surface area contributed by atoms with Crippen molar-refractivity contribution in [1.29, 1.82) is 0 Å². The maximum Gasteiger partial charge on any atom is 0.355 e. The molecule has 1 aromatic heterocycles. The molecule has 0 aromatic carbocycles. The molecule has 0 spiro atoms. The molecule has 1 heterocycles. The van der Waals surface area contributed by atoms with Gasteiger partial charge in [0.2, 0.25) is 0 Å². The number of carbonyl (C=O) groups excluding carboxylic acids is 1. The third kappa shape index (κ3) is 4.17. The number of hydrogen-bond acceptors (Lipinski definition) is 4. The fourth-order valence-electron chi connectivity index (χ4n) is 2.61. The highest BCUT2D eigenvalue weighted by Crippen LogP contribution is 2.36. The van der Waals surface area contributed by atoms with E-state index in [1.54, 1.807) is 0 Å². The van der Waals surface area contributed by atoms with Crippen molar-refractivity contribution in [3.05, 3.63) is 16.1 Å². The van der Waals surface area contributed by atoms with Crippen LogP contribution in [0.25, 0.3) is 0 Å². The summed E-state index contributed by atoms with van der Waals surface area (Å²) in [6, 6.07) is 0.0564. The van der Waals surface area contributed by atoms with Crippen LogP contribution in [-0.4, -0.2) is 34.7 Å². The quantitative estimate of drug-likeness (QED) is 0.778. The van der Waals surface area contributed by atoms with E-state index in [-0.39, 0.29) is 23.2 Å². The highest BCUT2D eigenvalue weighted by atomic mass is 32.1. The lowest BCUT2D eigenvalue weighted by Crippen LogP contribution is -2.46. The number of amides is 2. The Morgan fingerprint density at radius 1 is 1.52 bits per heavy atom. The minimum absolute atomic E-state index is 0.0622. The maximum absolute atomic E-state index is 11.9. The van der Waals surface area contributed by atoms with E-state index in [1.165, 1.54) is 16.7 Å². The Labute approximate surface area is 128 Å². The first-order valence-electron chi connectivity index (χ1n) is 7.10. The summed E-state index contributed by atoms with van der Waals surface area (Å²) in [5.74, 6) is -1.02. The summed E-state index contributed by atoms with van der Waals surface area (Å²) < 4.78 is 0. The Balaban J connectivity index is 1.73. The predicted molar refractivity (Wildman–Crippen MR) is 80.7 cm³/mol. The van der Waals surface area contributed by atoms with E-state index in [4.69, 9.17) is 5.11 Å². The molecule has 0 bridgehead atoms. The number of rotatable bonds is 5. The van der Waals surface area contributed by atoms with Gasteiger partial charge in [0.05, 0.1) is 5.01 Å². The van der Waals surface area contributed by atoms with Gasteiger partial charge in [0.1, 0.15) is 0 Å². The predicted octanol–water partition coefficient (Wildman–Crippen LogP) is 2.26. The van der Waals surface area contributed by atoms with Crippen molar-refractivity contribution in [1.82, 2.24) is 15.6 Å². The van der Waals surface area contributed by atoms with Crippen LogP contribution in [0, 0.1) is 5.41 Å². The second kappa shape index (κ2) is 6.43. The molecular formula is C14H21N3O3S. The van der Waals surface area contributed by atoms with E-state index in [9.17, 15) is 9.59 Å². The summed E-state index contributed by atoms with van der Waals surface area (Å²) in [5, 5.41) is 16.8. The van der Waals surface area contributed by atoms with E-state index in [0.29, 0.717) is 18.0 Å². The minimum atomic E-state index is -1.02. The van der Waals surface area contributed by atoms with Crippen molar-refractivity contribution in [2.45, 2.75) is 45.6 Å². The first kappa shape index (κ1) is 15.8. The van der Waals surface area contributed by atoms with Crippen LogP contribution in [0.15, 0.2) is 5.38 Å². The van der Waals surface area contributed by atoms with Gasteiger partial charge in [-0.05, 0) is 18.3 Å². The normalized spacial score (nSPS) is 20.2. The van der Waals surface area contributed by atoms with Crippen molar-refractivity contribution < 1.29 is 14.7 Å². The number of aromatic nitrogens is 1. The van der Waals surface area contributed by atoms with E-state index < -0.39 is 5.97 Å². The van der Waals surface area contributed by atoms with E-state index in [1.807, 2.05) is 0 Å². The molecule has 1 fully saturated rings. The van der Waals surface area contributed by atoms with Crippen LogP contribution in [0.4, 0.5) is 4.79 Å². The van der Waals surface area contributed by atoms with Gasteiger partial charge in [-0.2, -0.15) is 0 Å². The first-order chi connectivity index (χ1) is 9.88. The third-order valence-electron chi connectivity index (χ3n) is 3.96. The van der Waals surface area contributed by atoms with E-state index in [2.05, 4.69) is 29.5 Å². The zero-order valence-corrected chi connectivity index (χ0v) is 13.1. The van der Waals surface area contributed by atoms with Crippen molar-refractivity contribution in [2.24, 2.45) is 5.41 Å². The molecule has 1 aliphatic carbocycles. The molecule has 0 radical (unpaired) electrons. The van der Waals surface area contributed by atoms with Gasteiger partial charge >= 0.3 is 12.0 Å². The van der Waals surface area contributed by atoms with Crippen molar-refractivity contribution in [3.63, 3.8) is 0 Å². The smallest absolute Gasteiger partial charge is 0.355 e. The van der Waals surface area contributed by atoms with Crippen LogP contribution in [0.1, 0.15) is 48.6 Å². The summed E-state index contributed by atoms with van der Waals surface area (Å²) in [5.41, 5.74) is 0.218. The lowest BCUT2D eigenvalue weighted by molar-refractivity contribution is 0.0691. The van der Waals surface area contributed by atoms with Gasteiger partial charge in [-0.3, -0.25) is 0 Å². The lowest BCUT2D eigenvalue weighted by atomic mass is 9.87. The van der Waals surface area contributed by atoms with Crippen LogP contribution in [0.2, 0.25) is 0 Å². The van der Waals surface area contributed by atoms with Crippen molar-refractivity contribution in [2.75, 3.05) is 6.54 Å². The summed E-state index contributed by atoms with van der Waals surface area (Å²) >= 11 is 1.30. The summed E-state index contributed by atoms with van der Waals surface area (Å²) in [7, 11) is 0. The Hall–Kier alpha value is -1.63. The molecule has 3 N–H and O–H groups in total. The largest absolute Gasteiger partial charge is 0.476 e. The third-order valence-corrected chi connectivity index (χ3v) is 4.87. The van der Waals surface area contributed by atoms with Crippen LogP contribution >= 0.6 is 11.3 Å². The molecule has 7 heteroatoms. The second-order valence-electron chi connectivity index (χ2n) is 6.02. The van der Waals surface area contributed by atoms with Gasteiger partial charge in [-0.1, -0.05) is 20.3 Å². The van der Waals surface area contributed by atoms with Crippen LogP contribution < -0.4 is 10.6 Å². The lowest BCUT2D eigenvalue weighted by Gasteiger charge is -2.27. The molecule has 21 heavy (non-hydrogen) atoms. The maximum atomic E-state index is 11.9. The highest BCUT2D eigenvalue weighted by Gasteiger charge is 2.35. The number of aromatic carboxylic acids is 1. The fourth-order valence-corrected chi connectivity index (χ4v) is 3.38. The second-order valence-corrected chi connectivity index (χ2v) is 6.96. The van der Waals surface area contributed by atoms with Gasteiger partial charge in [0.25, 0.3) is 0 Å². The molecule has 6 nitrogen and oxygen atoms in total. The molecule has 2 amide bonds. The van der Waals surface area contributed by atoms with E-state index in [0.717, 1.165) is 19.3 Å². The number of nitrogens with one attached hydrogen (secondary N) is 2. The molecule has 1 atom stereocenters. The number of urea groups is 1. The van der Waals surface area contributed by atoms with E-state index >= 15 is 0 Å². The van der Waals surface area contributed by atoms with Gasteiger partial charge < -0.3 is 15.7 Å². The molecule has 1 aliphatic rings. The topological polar surface area (TPSA) is 91.3 Å². The number of nitrogens with zero attached hydrogens (tertiary/aromatic N) is 1. The standard InChI is InChI=1S/C14H21N3O3S/c1-14(2)6-3-4-10(14)17-13(20)15-7-5-11-16-9(8-21-11)12(18)19/h8,10H,3-7H2,1-2H3,(H,18,19)(H2,15,17,20). The van der Waals surface area contributed by atoms with Gasteiger partial charge in [-0.25, -0.2) is 14.6 Å². The zero-order valence-electron chi connectivity index (χ0n) is 12.3. The van der Waals surface area contributed by atoms with Crippen LogP contribution in [-0.2, 0) is 6.42 Å². The van der Waals surface area contributed by atoms with Gasteiger partial charge in [-0.15, -0.1) is 11.3 Å². The van der Waals surface area contributed by atoms with Crippen LogP contribution in [0.3, 0.4) is 0 Å². The van der Waals surface area contributed by atoms with Crippen molar-refractivity contribution in [3.8, 4) is 0 Å². The Morgan fingerprint density at radius 3 is 2.86 bits per heavy atom. The number of carboxylic acids is 1. The molecular weight excluding hydrogens is 290 g/mol. The molecule has 1 aromatic rings. The highest BCUT2D eigenvalue weighted by molar-refractivity contribution is 7.09. The van der Waals surface area contributed by atoms with Crippen molar-refractivity contribution >= 4 is 23.3 Å². The Kier molecular flexibility index (Phi) is 4.82. The average Bonchev–Trinajstić information content (AvgIpc) is 2.97. The number of thiazole rings is 1. The number of carboxylic acid groups (broad SMARTS) is 1. The SMILES string of the molecule is CC1(C)CCCC1NC(=O)NCCc1nc(C(=O)O)cs1. The summed E-state index contributed by atoms with van der Waals surface area (Å²) in [4.78, 5) is 26.6. The monoisotopic (exact) mass is 311 g/mol. The molecule has 1 saturated carbocycles. The zero-order chi connectivity index (χ0) is 15.5. The average molecular weight is 311 g/mol. The minimum Gasteiger partial charge on any atom is -0.476 e. The van der Waals surface area contributed by atoms with Gasteiger partial charge in [0, 0.05) is 24.4 Å². The first-order valence-corrected chi connectivity index (χ1v) is 7.98. The summed E-state index contributed by atoms with van der Waals surface area (Å²) in [6.07, 6.45) is 3.85. The number of hydrogen-bond donors (Lipinski definition) is 3. The van der Waals surface area contributed by atoms with Crippen LogP contribution in [0.5, 0.6) is 0 Å². The molecule has 1 unspecified atom stereocenters. The molecule has 0 aliphatic heterocycles. The Morgan fingerprint density at radius 2 is 2.29 bits per heavy atom. The number of carbonyl (C=O) groups is 2.